The van der Waals surface area contributed by atoms with Gasteiger partial charge >= 0.3 is 0 Å². The van der Waals surface area contributed by atoms with Crippen molar-refractivity contribution in [3.8, 4) is 0 Å². The Balaban J connectivity index is 1.49. The number of amides is 1. The van der Waals surface area contributed by atoms with E-state index in [0.717, 1.165) is 35.8 Å². The molecule has 6 nitrogen and oxygen atoms in total. The van der Waals surface area contributed by atoms with E-state index in [4.69, 9.17) is 5.73 Å². The van der Waals surface area contributed by atoms with Crippen molar-refractivity contribution in [3.63, 3.8) is 0 Å². The van der Waals surface area contributed by atoms with Gasteiger partial charge in [0.1, 0.15) is 11.3 Å². The van der Waals surface area contributed by atoms with Crippen LogP contribution in [0.3, 0.4) is 0 Å². The lowest BCUT2D eigenvalue weighted by Crippen LogP contribution is -2.29. The minimum absolute atomic E-state index is 0.0606. The number of unbranched alkanes of at least 4 members (excludes halogenated alkanes) is 1. The Labute approximate surface area is 167 Å². The summed E-state index contributed by atoms with van der Waals surface area (Å²) < 4.78 is 15.2. The predicted molar refractivity (Wildman–Crippen MR) is 113 cm³/mol. The van der Waals surface area contributed by atoms with E-state index in [9.17, 15) is 9.18 Å². The highest BCUT2D eigenvalue weighted by molar-refractivity contribution is 6.06. The summed E-state index contributed by atoms with van der Waals surface area (Å²) in [5.74, 6) is 0.0521. The highest BCUT2D eigenvalue weighted by Crippen LogP contribution is 2.27. The van der Waals surface area contributed by atoms with Gasteiger partial charge in [0.15, 0.2) is 5.82 Å². The van der Waals surface area contributed by atoms with Crippen molar-refractivity contribution in [2.24, 2.45) is 0 Å². The summed E-state index contributed by atoms with van der Waals surface area (Å²) in [6.07, 6.45) is 3.44. The lowest BCUT2D eigenvalue weighted by atomic mass is 10.2. The molecule has 0 spiro atoms. The zero-order chi connectivity index (χ0) is 20.4. The minimum atomic E-state index is -0.315. The number of hydrogen-bond donors (Lipinski definition) is 1. The second kappa shape index (κ2) is 7.87. The van der Waals surface area contributed by atoms with E-state index >= 15 is 0 Å². The largest absolute Gasteiger partial charge is 0.382 e. The third-order valence-corrected chi connectivity index (χ3v) is 5.03. The summed E-state index contributed by atoms with van der Waals surface area (Å²) in [6.45, 7) is 2.84. The number of fused-ring (bicyclic) bond motifs is 3. The number of imidazole rings is 1. The fourth-order valence-electron chi connectivity index (χ4n) is 3.62. The highest BCUT2D eigenvalue weighted by atomic mass is 19.1. The van der Waals surface area contributed by atoms with Gasteiger partial charge in [-0.1, -0.05) is 18.2 Å². The van der Waals surface area contributed by atoms with E-state index in [0.29, 0.717) is 23.6 Å². The van der Waals surface area contributed by atoms with E-state index in [1.54, 1.807) is 23.4 Å². The molecule has 0 atom stereocenters. The Bertz CT molecular complexity index is 1170. The lowest BCUT2D eigenvalue weighted by molar-refractivity contribution is -0.116. The van der Waals surface area contributed by atoms with Crippen LogP contribution in [0.15, 0.2) is 54.9 Å². The van der Waals surface area contributed by atoms with Gasteiger partial charge in [-0.2, -0.15) is 0 Å². The number of aryl methyl sites for hydroxylation is 1. The van der Waals surface area contributed by atoms with Crippen LogP contribution in [-0.4, -0.2) is 27.0 Å². The molecule has 0 aliphatic heterocycles. The number of carbonyl (C=O) groups excluding carboxylic acids is 1. The average Bonchev–Trinajstić information content (AvgIpc) is 3.14. The van der Waals surface area contributed by atoms with Crippen LogP contribution in [0.5, 0.6) is 0 Å². The number of rotatable bonds is 6. The highest BCUT2D eigenvalue weighted by Gasteiger charge is 2.13. The molecule has 2 aromatic carbocycles. The summed E-state index contributed by atoms with van der Waals surface area (Å²) in [5, 5.41) is 1.02. The molecular weight excluding hydrogens is 369 g/mol. The molecule has 0 saturated heterocycles. The van der Waals surface area contributed by atoms with Crippen molar-refractivity contribution in [1.29, 1.82) is 0 Å². The Hall–Kier alpha value is -3.48. The minimum Gasteiger partial charge on any atom is -0.382 e. The fourth-order valence-corrected chi connectivity index (χ4v) is 3.62. The Morgan fingerprint density at radius 3 is 2.66 bits per heavy atom. The van der Waals surface area contributed by atoms with Crippen LogP contribution < -0.4 is 10.6 Å². The number of nitrogen functional groups attached to an aromatic ring is 1. The van der Waals surface area contributed by atoms with Gasteiger partial charge < -0.3 is 15.2 Å². The number of nitrogens with two attached hydrogens (primary N) is 1. The summed E-state index contributed by atoms with van der Waals surface area (Å²) in [4.78, 5) is 22.5. The molecule has 0 aliphatic carbocycles. The molecule has 0 bridgehead atoms. The van der Waals surface area contributed by atoms with Gasteiger partial charge in [0.2, 0.25) is 5.91 Å². The third kappa shape index (κ3) is 3.76. The van der Waals surface area contributed by atoms with Gasteiger partial charge in [0, 0.05) is 31.1 Å². The molecular formula is C22H22FN5O. The third-order valence-electron chi connectivity index (χ3n) is 5.03. The fraction of sp³-hybridized carbons (Fsp3) is 0.227. The number of aromatic nitrogens is 3. The van der Waals surface area contributed by atoms with Crippen molar-refractivity contribution in [1.82, 2.24) is 14.5 Å². The smallest absolute Gasteiger partial charge is 0.223 e. The van der Waals surface area contributed by atoms with Gasteiger partial charge in [-0.25, -0.2) is 14.4 Å². The van der Waals surface area contributed by atoms with E-state index in [2.05, 4.69) is 14.5 Å². The number of halogens is 1. The molecule has 148 valence electrons. The van der Waals surface area contributed by atoms with E-state index in [-0.39, 0.29) is 11.7 Å². The maximum absolute atomic E-state index is 13.2. The van der Waals surface area contributed by atoms with Crippen molar-refractivity contribution < 1.29 is 9.18 Å². The monoisotopic (exact) mass is 391 g/mol. The molecule has 1 amide bonds. The van der Waals surface area contributed by atoms with Crippen LogP contribution >= 0.6 is 0 Å². The van der Waals surface area contributed by atoms with E-state index < -0.39 is 0 Å². The second-order valence-corrected chi connectivity index (χ2v) is 7.00. The van der Waals surface area contributed by atoms with E-state index in [1.165, 1.54) is 19.1 Å². The zero-order valence-corrected chi connectivity index (χ0v) is 16.2. The van der Waals surface area contributed by atoms with Gasteiger partial charge in [0.05, 0.1) is 17.4 Å². The van der Waals surface area contributed by atoms with Crippen LogP contribution in [0.4, 0.5) is 15.9 Å². The quantitative estimate of drug-likeness (QED) is 0.501. The Morgan fingerprint density at radius 1 is 1.14 bits per heavy atom. The maximum atomic E-state index is 13.2. The predicted octanol–water partition coefficient (Wildman–Crippen LogP) is 4.14. The molecule has 7 heteroatoms. The van der Waals surface area contributed by atoms with Gasteiger partial charge in [0.25, 0.3) is 0 Å². The van der Waals surface area contributed by atoms with Crippen molar-refractivity contribution in [2.45, 2.75) is 26.3 Å². The number of para-hydroxylation sites is 1. The van der Waals surface area contributed by atoms with E-state index in [1.807, 2.05) is 24.3 Å². The molecule has 2 aromatic heterocycles. The first-order valence-electron chi connectivity index (χ1n) is 9.57. The Morgan fingerprint density at radius 2 is 1.90 bits per heavy atom. The molecule has 0 saturated carbocycles. The van der Waals surface area contributed by atoms with Crippen molar-refractivity contribution >= 4 is 39.3 Å². The standard InChI is InChI=1S/C22H22FN5O/c1-15(29)28(17-10-8-16(23)9-11-17)13-5-4-12-27-14-25-20-21(27)18-6-2-3-7-19(18)26-22(20)24/h2-3,6-11,14H,4-5,12-13H2,1H3,(H2,24,26). The first-order valence-corrected chi connectivity index (χ1v) is 9.57. The van der Waals surface area contributed by atoms with Gasteiger partial charge in [-0.05, 0) is 43.2 Å². The van der Waals surface area contributed by atoms with Gasteiger partial charge in [-0.3, -0.25) is 4.79 Å². The number of carbonyl (C=O) groups is 1. The summed E-state index contributed by atoms with van der Waals surface area (Å²) in [5.41, 5.74) is 9.32. The number of hydrogen-bond acceptors (Lipinski definition) is 4. The molecule has 4 rings (SSSR count). The first-order chi connectivity index (χ1) is 14.0. The molecule has 0 unspecified atom stereocenters. The molecule has 2 heterocycles. The number of benzene rings is 2. The summed E-state index contributed by atoms with van der Waals surface area (Å²) >= 11 is 0. The van der Waals surface area contributed by atoms with Crippen LogP contribution in [-0.2, 0) is 11.3 Å². The zero-order valence-electron chi connectivity index (χ0n) is 16.2. The number of pyridine rings is 1. The normalized spacial score (nSPS) is 11.2. The maximum Gasteiger partial charge on any atom is 0.223 e. The topological polar surface area (TPSA) is 77.0 Å². The molecule has 0 fully saturated rings. The SMILES string of the molecule is CC(=O)N(CCCCn1cnc2c(N)nc3ccccc3c21)c1ccc(F)cc1. The van der Waals surface area contributed by atoms with Crippen LogP contribution in [0.1, 0.15) is 19.8 Å². The average molecular weight is 391 g/mol. The molecule has 0 aliphatic rings. The summed E-state index contributed by atoms with van der Waals surface area (Å²) in [7, 11) is 0. The van der Waals surface area contributed by atoms with Crippen LogP contribution in [0.2, 0.25) is 0 Å². The molecule has 4 aromatic rings. The first kappa shape index (κ1) is 18.9. The number of nitrogens with zero attached hydrogens (tertiary/aromatic N) is 4. The lowest BCUT2D eigenvalue weighted by Gasteiger charge is -2.21. The second-order valence-electron chi connectivity index (χ2n) is 7.00. The van der Waals surface area contributed by atoms with Crippen LogP contribution in [0.25, 0.3) is 21.9 Å². The molecule has 2 N–H and O–H groups in total. The number of anilines is 2. The van der Waals surface area contributed by atoms with Crippen molar-refractivity contribution in [2.75, 3.05) is 17.2 Å². The summed E-state index contributed by atoms with van der Waals surface area (Å²) in [6, 6.07) is 13.9. The van der Waals surface area contributed by atoms with Gasteiger partial charge in [-0.15, -0.1) is 0 Å². The van der Waals surface area contributed by atoms with Crippen molar-refractivity contribution in [3.05, 3.63) is 60.7 Å². The Kier molecular flexibility index (Phi) is 5.12. The molecule has 0 radical (unpaired) electrons. The molecule has 29 heavy (non-hydrogen) atoms. The van der Waals surface area contributed by atoms with Crippen LogP contribution in [0, 0.1) is 5.82 Å².